The van der Waals surface area contributed by atoms with E-state index in [0.717, 1.165) is 41.2 Å². The van der Waals surface area contributed by atoms with E-state index in [4.69, 9.17) is 4.74 Å². The van der Waals surface area contributed by atoms with Crippen molar-refractivity contribution < 1.29 is 18.7 Å². The van der Waals surface area contributed by atoms with Crippen LogP contribution in [0.4, 0.5) is 10.1 Å². The van der Waals surface area contributed by atoms with Crippen molar-refractivity contribution >= 4 is 17.5 Å². The summed E-state index contributed by atoms with van der Waals surface area (Å²) in [4.78, 5) is 29.1. The zero-order chi connectivity index (χ0) is 23.7. The van der Waals surface area contributed by atoms with Crippen molar-refractivity contribution in [1.82, 2.24) is 14.7 Å². The first kappa shape index (κ1) is 22.1. The van der Waals surface area contributed by atoms with Crippen LogP contribution in [0.5, 0.6) is 5.75 Å². The second-order valence-electron chi connectivity index (χ2n) is 8.83. The summed E-state index contributed by atoms with van der Waals surface area (Å²) in [6, 6.07) is 14.1. The van der Waals surface area contributed by atoms with Gasteiger partial charge in [-0.25, -0.2) is 4.39 Å². The van der Waals surface area contributed by atoms with Gasteiger partial charge in [-0.3, -0.25) is 14.3 Å². The number of amides is 2. The van der Waals surface area contributed by atoms with Crippen LogP contribution >= 0.6 is 0 Å². The van der Waals surface area contributed by atoms with Gasteiger partial charge in [0.25, 0.3) is 5.91 Å². The van der Waals surface area contributed by atoms with E-state index in [1.807, 2.05) is 40.8 Å². The summed E-state index contributed by atoms with van der Waals surface area (Å²) in [5.74, 6) is 0.411. The molecule has 34 heavy (non-hydrogen) atoms. The Bertz CT molecular complexity index is 1220. The van der Waals surface area contributed by atoms with Gasteiger partial charge in [0.2, 0.25) is 5.91 Å². The van der Waals surface area contributed by atoms with E-state index >= 15 is 0 Å². The summed E-state index contributed by atoms with van der Waals surface area (Å²) in [5.41, 5.74) is 4.43. The zero-order valence-electron chi connectivity index (χ0n) is 19.2. The Labute approximate surface area is 197 Å². The normalized spacial score (nSPS) is 15.4. The molecule has 0 fully saturated rings. The number of hydrogen-bond donors (Lipinski definition) is 0. The number of nitrogens with zero attached hydrogens (tertiary/aromatic N) is 4. The average molecular weight is 463 g/mol. The Morgan fingerprint density at radius 2 is 1.94 bits per heavy atom. The molecular formula is C26H27FN4O3. The molecule has 0 bridgehead atoms. The molecule has 2 aliphatic heterocycles. The van der Waals surface area contributed by atoms with E-state index in [-0.39, 0.29) is 24.2 Å². The Hall–Kier alpha value is -3.68. The van der Waals surface area contributed by atoms with Gasteiger partial charge in [-0.15, -0.1) is 0 Å². The molecule has 3 aromatic rings. The van der Waals surface area contributed by atoms with Gasteiger partial charge in [-0.2, -0.15) is 5.10 Å². The lowest BCUT2D eigenvalue weighted by molar-refractivity contribution is -0.132. The second kappa shape index (κ2) is 9.29. The van der Waals surface area contributed by atoms with Gasteiger partial charge in [-0.1, -0.05) is 6.07 Å². The summed E-state index contributed by atoms with van der Waals surface area (Å²) in [5, 5.41) is 4.66. The lowest BCUT2D eigenvalue weighted by atomic mass is 10.1. The predicted octanol–water partition coefficient (Wildman–Crippen LogP) is 3.94. The van der Waals surface area contributed by atoms with Gasteiger partial charge in [0.1, 0.15) is 11.6 Å². The highest BCUT2D eigenvalue weighted by Crippen LogP contribution is 2.33. The Kier molecular flexibility index (Phi) is 6.04. The predicted molar refractivity (Wildman–Crippen MR) is 126 cm³/mol. The third kappa shape index (κ3) is 4.53. The largest absolute Gasteiger partial charge is 0.482 e. The summed E-state index contributed by atoms with van der Waals surface area (Å²) in [7, 11) is 0. The molecular weight excluding hydrogens is 435 g/mol. The molecule has 3 heterocycles. The summed E-state index contributed by atoms with van der Waals surface area (Å²) < 4.78 is 20.7. The van der Waals surface area contributed by atoms with Crippen LogP contribution in [0.3, 0.4) is 0 Å². The molecule has 0 unspecified atom stereocenters. The first-order chi connectivity index (χ1) is 16.5. The summed E-state index contributed by atoms with van der Waals surface area (Å²) in [6.07, 6.45) is 1.76. The van der Waals surface area contributed by atoms with Crippen molar-refractivity contribution in [2.75, 3.05) is 24.6 Å². The molecule has 7 nitrogen and oxygen atoms in total. The number of carbonyl (C=O) groups excluding carboxylic acids is 2. The van der Waals surface area contributed by atoms with E-state index < -0.39 is 0 Å². The average Bonchev–Trinajstić information content (AvgIpc) is 3.12. The third-order valence-electron chi connectivity index (χ3n) is 6.34. The number of halogens is 1. The smallest absolute Gasteiger partial charge is 0.265 e. The lowest BCUT2D eigenvalue weighted by Crippen LogP contribution is -2.40. The van der Waals surface area contributed by atoms with Crippen molar-refractivity contribution in [3.05, 3.63) is 65.6 Å². The monoisotopic (exact) mass is 462 g/mol. The molecule has 176 valence electrons. The fourth-order valence-electron chi connectivity index (χ4n) is 4.54. The van der Waals surface area contributed by atoms with Gasteiger partial charge < -0.3 is 14.5 Å². The van der Waals surface area contributed by atoms with Crippen molar-refractivity contribution in [3.8, 4) is 17.0 Å². The third-order valence-corrected chi connectivity index (χ3v) is 6.34. The Morgan fingerprint density at radius 1 is 1.12 bits per heavy atom. The van der Waals surface area contributed by atoms with Crippen LogP contribution < -0.4 is 9.64 Å². The fourth-order valence-corrected chi connectivity index (χ4v) is 4.54. The maximum absolute atomic E-state index is 13.3. The Morgan fingerprint density at radius 3 is 2.76 bits per heavy atom. The molecule has 2 amide bonds. The molecule has 1 aromatic heterocycles. The number of carbonyl (C=O) groups is 2. The molecule has 5 rings (SSSR count). The maximum Gasteiger partial charge on any atom is 0.265 e. The number of rotatable bonds is 5. The van der Waals surface area contributed by atoms with E-state index in [1.165, 1.54) is 12.1 Å². The van der Waals surface area contributed by atoms with E-state index in [9.17, 15) is 14.0 Å². The van der Waals surface area contributed by atoms with Crippen LogP contribution in [-0.4, -0.2) is 46.2 Å². The topological polar surface area (TPSA) is 67.7 Å². The number of benzene rings is 2. The second-order valence-corrected chi connectivity index (χ2v) is 8.83. The molecule has 0 aliphatic carbocycles. The van der Waals surface area contributed by atoms with Gasteiger partial charge >= 0.3 is 0 Å². The standard InChI is InChI=1S/C26H27FN4O3/c1-18-5-10-24-23(14-18)30(26(33)17-34-24)12-2-4-25(32)29-11-3-13-31-21(16-29)15-22(28-31)19-6-8-20(27)9-7-19/h5-10,14-15H,2-4,11-13,16-17H2,1H3. The van der Waals surface area contributed by atoms with Crippen LogP contribution in [0.1, 0.15) is 30.5 Å². The van der Waals surface area contributed by atoms with E-state index in [1.54, 1.807) is 17.0 Å². The highest BCUT2D eigenvalue weighted by atomic mass is 19.1. The van der Waals surface area contributed by atoms with Gasteiger partial charge in [-0.05, 0) is 67.8 Å². The number of aryl methyl sites for hydroxylation is 2. The molecule has 0 saturated carbocycles. The minimum absolute atomic E-state index is 0.0243. The quantitative estimate of drug-likeness (QED) is 0.576. The molecule has 0 N–H and O–H groups in total. The van der Waals surface area contributed by atoms with Crippen molar-refractivity contribution in [2.24, 2.45) is 0 Å². The number of fused-ring (bicyclic) bond motifs is 2. The number of anilines is 1. The molecule has 8 heteroatoms. The SMILES string of the molecule is Cc1ccc2c(c1)N(CCCC(=O)N1CCCn3nc(-c4ccc(F)cc4)cc3C1)C(=O)CO2. The van der Waals surface area contributed by atoms with Gasteiger partial charge in [0.15, 0.2) is 6.61 Å². The summed E-state index contributed by atoms with van der Waals surface area (Å²) >= 11 is 0. The van der Waals surface area contributed by atoms with Crippen LogP contribution in [0.25, 0.3) is 11.3 Å². The highest BCUT2D eigenvalue weighted by Gasteiger charge is 2.26. The molecule has 0 atom stereocenters. The van der Waals surface area contributed by atoms with Crippen molar-refractivity contribution in [2.45, 2.75) is 39.3 Å². The molecule has 0 radical (unpaired) electrons. The number of aromatic nitrogens is 2. The van der Waals surface area contributed by atoms with Gasteiger partial charge in [0, 0.05) is 31.6 Å². The zero-order valence-corrected chi connectivity index (χ0v) is 19.2. The van der Waals surface area contributed by atoms with E-state index in [2.05, 4.69) is 5.10 Å². The van der Waals surface area contributed by atoms with Crippen molar-refractivity contribution in [1.29, 1.82) is 0 Å². The van der Waals surface area contributed by atoms with Gasteiger partial charge in [0.05, 0.1) is 23.6 Å². The van der Waals surface area contributed by atoms with Crippen LogP contribution in [0, 0.1) is 12.7 Å². The van der Waals surface area contributed by atoms with Crippen LogP contribution in [0.2, 0.25) is 0 Å². The Balaban J connectivity index is 1.22. The minimum atomic E-state index is -0.279. The minimum Gasteiger partial charge on any atom is -0.482 e. The first-order valence-corrected chi connectivity index (χ1v) is 11.6. The highest BCUT2D eigenvalue weighted by molar-refractivity contribution is 5.98. The number of ether oxygens (including phenoxy) is 1. The molecule has 2 aliphatic rings. The molecule has 2 aromatic carbocycles. The fraction of sp³-hybridized carbons (Fsp3) is 0.346. The van der Waals surface area contributed by atoms with Crippen LogP contribution in [-0.2, 0) is 22.7 Å². The maximum atomic E-state index is 13.3. The lowest BCUT2D eigenvalue weighted by Gasteiger charge is -2.30. The molecule has 0 saturated heterocycles. The van der Waals surface area contributed by atoms with Crippen molar-refractivity contribution in [3.63, 3.8) is 0 Å². The van der Waals surface area contributed by atoms with E-state index in [0.29, 0.717) is 38.2 Å². The number of hydrogen-bond acceptors (Lipinski definition) is 4. The summed E-state index contributed by atoms with van der Waals surface area (Å²) in [6.45, 7) is 4.38. The first-order valence-electron chi connectivity index (χ1n) is 11.6. The molecule has 0 spiro atoms. The van der Waals surface area contributed by atoms with Crippen LogP contribution in [0.15, 0.2) is 48.5 Å².